The highest BCUT2D eigenvalue weighted by Gasteiger charge is 2.19. The van der Waals surface area contributed by atoms with Gasteiger partial charge < -0.3 is 10.6 Å². The van der Waals surface area contributed by atoms with E-state index in [2.05, 4.69) is 20.8 Å². The van der Waals surface area contributed by atoms with Crippen LogP contribution in [-0.4, -0.2) is 41.2 Å². The molecule has 0 aliphatic rings. The topological polar surface area (TPSA) is 228 Å². The molecule has 5 aromatic carbocycles. The summed E-state index contributed by atoms with van der Waals surface area (Å²) in [5.74, 6) is -1.46. The average molecular weight is 793 g/mol. The van der Waals surface area contributed by atoms with Crippen molar-refractivity contribution >= 4 is 46.7 Å². The van der Waals surface area contributed by atoms with E-state index >= 15 is 0 Å². The molecule has 60 heavy (non-hydrogen) atoms. The number of carbonyl (C=O) groups is 2. The van der Waals surface area contributed by atoms with E-state index in [1.807, 2.05) is 72.8 Å². The van der Waals surface area contributed by atoms with E-state index in [0.717, 1.165) is 0 Å². The lowest BCUT2D eigenvalue weighted by Crippen LogP contribution is -2.15. The first-order valence-electron chi connectivity index (χ1n) is 17.9. The van der Waals surface area contributed by atoms with Gasteiger partial charge in [0.2, 0.25) is 0 Å². The molecule has 2 heterocycles. The van der Waals surface area contributed by atoms with Gasteiger partial charge in [0.25, 0.3) is 23.2 Å². The third-order valence-electron chi connectivity index (χ3n) is 8.96. The number of nitrogens with one attached hydrogen (secondary N) is 2. The molecular formula is C44H28N10O6. The van der Waals surface area contributed by atoms with Crippen LogP contribution in [0.15, 0.2) is 157 Å². The van der Waals surface area contributed by atoms with Crippen LogP contribution in [0.4, 0.5) is 22.7 Å². The second kappa shape index (κ2) is 17.2. The highest BCUT2D eigenvalue weighted by molar-refractivity contribution is 6.11. The van der Waals surface area contributed by atoms with E-state index in [4.69, 9.17) is 0 Å². The summed E-state index contributed by atoms with van der Waals surface area (Å²) in [6.07, 6.45) is 6.03. The number of benzene rings is 5. The molecular weight excluding hydrogens is 765 g/mol. The van der Waals surface area contributed by atoms with Gasteiger partial charge in [0.15, 0.2) is 0 Å². The van der Waals surface area contributed by atoms with Crippen molar-refractivity contribution in [2.75, 3.05) is 10.6 Å². The summed E-state index contributed by atoms with van der Waals surface area (Å²) in [6, 6.07) is 39.7. The largest absolute Gasteiger partial charge is 0.321 e. The molecule has 7 aromatic rings. The van der Waals surface area contributed by atoms with E-state index in [9.17, 15) is 40.3 Å². The Bertz CT molecular complexity index is 2710. The second-order valence-electron chi connectivity index (χ2n) is 12.9. The van der Waals surface area contributed by atoms with Crippen LogP contribution in [0.2, 0.25) is 0 Å². The van der Waals surface area contributed by atoms with Crippen molar-refractivity contribution < 1.29 is 19.4 Å². The monoisotopic (exact) mass is 792 g/mol. The third-order valence-corrected chi connectivity index (χ3v) is 8.96. The normalized spacial score (nSPS) is 11.2. The molecule has 0 fully saturated rings. The minimum atomic E-state index is -0.731. The lowest BCUT2D eigenvalue weighted by atomic mass is 10.1. The van der Waals surface area contributed by atoms with Crippen molar-refractivity contribution in [1.29, 1.82) is 10.5 Å². The Hall–Kier alpha value is -9.28. The first-order chi connectivity index (χ1) is 29.1. The second-order valence-corrected chi connectivity index (χ2v) is 12.9. The van der Waals surface area contributed by atoms with Crippen LogP contribution in [0, 0.1) is 42.9 Å². The highest BCUT2D eigenvalue weighted by atomic mass is 16.6. The zero-order valence-electron chi connectivity index (χ0n) is 31.0. The van der Waals surface area contributed by atoms with Crippen molar-refractivity contribution in [2.45, 2.75) is 0 Å². The van der Waals surface area contributed by atoms with E-state index in [1.54, 1.807) is 21.8 Å². The zero-order valence-corrected chi connectivity index (χ0v) is 31.0. The number of carbonyl (C=O) groups excluding carboxylic acids is 2. The van der Waals surface area contributed by atoms with E-state index < -0.39 is 21.7 Å². The van der Waals surface area contributed by atoms with Gasteiger partial charge in [-0.3, -0.25) is 29.8 Å². The number of hydrogen-bond acceptors (Lipinski definition) is 10. The third kappa shape index (κ3) is 8.73. The van der Waals surface area contributed by atoms with Crippen LogP contribution in [0.5, 0.6) is 0 Å². The summed E-state index contributed by atoms with van der Waals surface area (Å²) in [5.41, 5.74) is 3.93. The van der Waals surface area contributed by atoms with Crippen molar-refractivity contribution in [3.63, 3.8) is 0 Å². The Kier molecular flexibility index (Phi) is 11.2. The summed E-state index contributed by atoms with van der Waals surface area (Å²) >= 11 is 0. The fraction of sp³-hybridized carbons (Fsp3) is 0. The molecule has 0 aliphatic heterocycles. The molecule has 0 radical (unpaired) electrons. The zero-order chi connectivity index (χ0) is 42.2. The van der Waals surface area contributed by atoms with Crippen molar-refractivity contribution in [2.24, 2.45) is 0 Å². The first-order valence-corrected chi connectivity index (χ1v) is 17.9. The molecule has 0 bridgehead atoms. The number of para-hydroxylation sites is 2. The molecule has 7 rings (SSSR count). The summed E-state index contributed by atoms with van der Waals surface area (Å²) < 4.78 is 3.15. The van der Waals surface area contributed by atoms with Gasteiger partial charge >= 0.3 is 0 Å². The van der Waals surface area contributed by atoms with Gasteiger partial charge in [0.1, 0.15) is 34.7 Å². The Morgan fingerprint density at radius 3 is 1.22 bits per heavy atom. The smallest absolute Gasteiger partial charge is 0.269 e. The summed E-state index contributed by atoms with van der Waals surface area (Å²) in [6.45, 7) is 0. The van der Waals surface area contributed by atoms with Gasteiger partial charge in [0.05, 0.1) is 21.2 Å². The SMILES string of the molecule is N#C/C(=C\c1cn(-c2ccccc2)nc1-c1ccc([N+](=O)[O-])cc1)C(=O)Nc1ccc(NC(=O)/C(C#N)=C/c2cn(-c3ccccc3)nc2-c2ccc([N+](=O)[O-])cc2)cc1. The predicted octanol–water partition coefficient (Wildman–Crippen LogP) is 8.30. The highest BCUT2D eigenvalue weighted by Crippen LogP contribution is 2.30. The summed E-state index contributed by atoms with van der Waals surface area (Å²) in [5, 5.41) is 57.2. The van der Waals surface area contributed by atoms with Gasteiger partial charge in [-0.2, -0.15) is 20.7 Å². The van der Waals surface area contributed by atoms with Gasteiger partial charge in [-0.25, -0.2) is 9.36 Å². The molecule has 290 valence electrons. The summed E-state index contributed by atoms with van der Waals surface area (Å²) in [7, 11) is 0. The lowest BCUT2D eigenvalue weighted by molar-refractivity contribution is -0.385. The fourth-order valence-corrected chi connectivity index (χ4v) is 5.98. The number of anilines is 2. The molecule has 0 saturated carbocycles. The molecule has 16 heteroatoms. The standard InChI is InChI=1S/C44H28N10O6/c45-25-31(23-33-27-51(37-7-3-1-4-8-37)49-41(33)29-11-19-39(20-12-29)53(57)58)43(55)47-35-15-17-36(18-16-35)48-44(56)32(26-46)24-34-28-52(38-9-5-2-6-10-38)50-42(34)30-13-21-40(22-14-30)54(59)60/h1-24,27-28H,(H,47,55)(H,48,56)/b31-23+,32-24+. The van der Waals surface area contributed by atoms with Crippen LogP contribution >= 0.6 is 0 Å². The minimum absolute atomic E-state index is 0.106. The average Bonchev–Trinajstić information content (AvgIpc) is 3.91. The number of nitro groups is 2. The quantitative estimate of drug-likeness (QED) is 0.0520. The van der Waals surface area contributed by atoms with E-state index in [0.29, 0.717) is 56.4 Å². The van der Waals surface area contributed by atoms with E-state index in [1.165, 1.54) is 84.9 Å². The number of aromatic nitrogens is 4. The number of hydrogen-bond donors (Lipinski definition) is 2. The van der Waals surface area contributed by atoms with Crippen molar-refractivity contribution in [3.05, 3.63) is 188 Å². The fourth-order valence-electron chi connectivity index (χ4n) is 5.98. The van der Waals surface area contributed by atoms with Gasteiger partial charge in [0, 0.05) is 70.3 Å². The maximum absolute atomic E-state index is 13.4. The summed E-state index contributed by atoms with van der Waals surface area (Å²) in [4.78, 5) is 48.2. The number of amides is 2. The molecule has 0 unspecified atom stereocenters. The van der Waals surface area contributed by atoms with E-state index in [-0.39, 0.29) is 22.5 Å². The van der Waals surface area contributed by atoms with Crippen LogP contribution in [-0.2, 0) is 9.59 Å². The Morgan fingerprint density at radius 1 is 0.550 bits per heavy atom. The number of non-ortho nitro benzene ring substituents is 2. The van der Waals surface area contributed by atoms with Crippen LogP contribution < -0.4 is 10.6 Å². The number of nitriles is 2. The van der Waals surface area contributed by atoms with Gasteiger partial charge in [-0.1, -0.05) is 36.4 Å². The molecule has 0 atom stereocenters. The number of nitrogens with zero attached hydrogens (tertiary/aromatic N) is 8. The van der Waals surface area contributed by atoms with Gasteiger partial charge in [-0.05, 0) is 84.9 Å². The number of nitro benzene ring substituents is 2. The molecule has 0 spiro atoms. The molecule has 2 aromatic heterocycles. The number of rotatable bonds is 12. The Morgan fingerprint density at radius 2 is 0.900 bits per heavy atom. The molecule has 0 saturated heterocycles. The first kappa shape index (κ1) is 39.0. The Balaban J connectivity index is 1.09. The van der Waals surface area contributed by atoms with Crippen LogP contribution in [0.3, 0.4) is 0 Å². The minimum Gasteiger partial charge on any atom is -0.321 e. The Labute approximate surface area is 340 Å². The molecule has 2 N–H and O–H groups in total. The van der Waals surface area contributed by atoms with Crippen molar-refractivity contribution in [1.82, 2.24) is 19.6 Å². The molecule has 16 nitrogen and oxygen atoms in total. The lowest BCUT2D eigenvalue weighted by Gasteiger charge is -2.08. The van der Waals surface area contributed by atoms with Crippen LogP contribution in [0.25, 0.3) is 46.0 Å². The maximum Gasteiger partial charge on any atom is 0.269 e. The maximum atomic E-state index is 13.4. The van der Waals surface area contributed by atoms with Crippen molar-refractivity contribution in [3.8, 4) is 46.0 Å². The van der Waals surface area contributed by atoms with Crippen LogP contribution in [0.1, 0.15) is 11.1 Å². The van der Waals surface area contributed by atoms with Gasteiger partial charge in [-0.15, -0.1) is 0 Å². The predicted molar refractivity (Wildman–Crippen MR) is 222 cm³/mol. The molecule has 0 aliphatic carbocycles. The molecule has 2 amide bonds.